The van der Waals surface area contributed by atoms with Gasteiger partial charge in [-0.2, -0.15) is 0 Å². The minimum atomic E-state index is -0.184. The average Bonchev–Trinajstić information content (AvgIpc) is 2.81. The summed E-state index contributed by atoms with van der Waals surface area (Å²) < 4.78 is 0. The summed E-state index contributed by atoms with van der Waals surface area (Å²) in [5, 5.41) is 0. The topological polar surface area (TPSA) is 53.5 Å². The van der Waals surface area contributed by atoms with Crippen molar-refractivity contribution in [1.82, 2.24) is 9.88 Å². The van der Waals surface area contributed by atoms with E-state index in [1.165, 1.54) is 11.0 Å². The summed E-state index contributed by atoms with van der Waals surface area (Å²) in [6.45, 7) is 4.59. The van der Waals surface area contributed by atoms with Crippen molar-refractivity contribution in [2.45, 2.75) is 26.3 Å². The van der Waals surface area contributed by atoms with Crippen LogP contribution in [0.2, 0.25) is 0 Å². The van der Waals surface area contributed by atoms with Gasteiger partial charge in [0, 0.05) is 26.4 Å². The number of carbonyl (C=O) groups is 2. The van der Waals surface area contributed by atoms with Crippen molar-refractivity contribution in [2.24, 2.45) is 0 Å². The number of hydrogen-bond donors (Lipinski definition) is 0. The van der Waals surface area contributed by atoms with Crippen LogP contribution in [0.5, 0.6) is 0 Å². The molecule has 0 radical (unpaired) electrons. The van der Waals surface area contributed by atoms with Crippen LogP contribution in [0.4, 0.5) is 5.69 Å². The van der Waals surface area contributed by atoms with Gasteiger partial charge in [0.15, 0.2) is 0 Å². The average molecular weight is 428 g/mol. The van der Waals surface area contributed by atoms with Crippen molar-refractivity contribution >= 4 is 23.6 Å². The molecule has 0 aliphatic rings. The molecule has 0 fully saturated rings. The number of rotatable bonds is 7. The van der Waals surface area contributed by atoms with E-state index in [9.17, 15) is 9.59 Å². The molecule has 0 aliphatic carbocycles. The van der Waals surface area contributed by atoms with Gasteiger partial charge < -0.3 is 9.80 Å². The zero-order valence-electron chi connectivity index (χ0n) is 19.0. The van der Waals surface area contributed by atoms with Crippen LogP contribution in [-0.2, 0) is 11.3 Å². The number of para-hydroxylation sites is 1. The van der Waals surface area contributed by atoms with Crippen molar-refractivity contribution in [3.8, 4) is 0 Å². The second kappa shape index (κ2) is 10.5. The fraction of sp³-hybridized carbons (Fsp3) is 0.222. The number of hydrogen-bond acceptors (Lipinski definition) is 3. The molecule has 5 nitrogen and oxygen atoms in total. The summed E-state index contributed by atoms with van der Waals surface area (Å²) in [5.41, 5.74) is 4.03. The highest BCUT2D eigenvalue weighted by Gasteiger charge is 2.24. The first-order chi connectivity index (χ1) is 15.4. The first kappa shape index (κ1) is 22.9. The van der Waals surface area contributed by atoms with Gasteiger partial charge >= 0.3 is 0 Å². The third-order valence-electron chi connectivity index (χ3n) is 5.15. The molecular weight excluding hydrogens is 398 g/mol. The molecule has 0 saturated heterocycles. The number of aromatic nitrogens is 1. The number of likely N-dealkylation sites (N-methyl/N-ethyl adjacent to an activating group) is 1. The largest absolute Gasteiger partial charge is 0.345 e. The van der Waals surface area contributed by atoms with Crippen LogP contribution in [0.1, 0.15) is 46.9 Å². The Labute approximate surface area is 190 Å². The predicted molar refractivity (Wildman–Crippen MR) is 129 cm³/mol. The van der Waals surface area contributed by atoms with Gasteiger partial charge in [-0.3, -0.25) is 14.6 Å². The van der Waals surface area contributed by atoms with E-state index in [4.69, 9.17) is 0 Å². The number of pyridine rings is 1. The molecule has 0 saturated carbocycles. The van der Waals surface area contributed by atoms with Crippen molar-refractivity contribution in [1.29, 1.82) is 0 Å². The molecule has 5 heteroatoms. The van der Waals surface area contributed by atoms with Gasteiger partial charge in [0.2, 0.25) is 5.91 Å². The minimum Gasteiger partial charge on any atom is -0.345 e. The van der Waals surface area contributed by atoms with E-state index >= 15 is 0 Å². The smallest absolute Gasteiger partial charge is 0.277 e. The molecule has 0 bridgehead atoms. The van der Waals surface area contributed by atoms with Crippen molar-refractivity contribution in [2.75, 3.05) is 19.0 Å². The van der Waals surface area contributed by atoms with Gasteiger partial charge in [0.05, 0.1) is 12.2 Å². The normalized spacial score (nSPS) is 11.0. The Morgan fingerprint density at radius 3 is 2.28 bits per heavy atom. The maximum absolute atomic E-state index is 13.7. The quantitative estimate of drug-likeness (QED) is 0.490. The highest BCUT2D eigenvalue weighted by atomic mass is 16.2. The van der Waals surface area contributed by atoms with Crippen LogP contribution in [0.3, 0.4) is 0 Å². The van der Waals surface area contributed by atoms with Crippen LogP contribution in [0.25, 0.3) is 6.08 Å². The molecule has 1 heterocycles. The number of anilines is 1. The van der Waals surface area contributed by atoms with E-state index in [2.05, 4.69) is 18.8 Å². The molecule has 2 amide bonds. The molecule has 3 rings (SSSR count). The Balaban J connectivity index is 2.17. The lowest BCUT2D eigenvalue weighted by atomic mass is 9.95. The Kier molecular flexibility index (Phi) is 7.55. The molecule has 0 aliphatic heterocycles. The third-order valence-corrected chi connectivity index (χ3v) is 5.15. The highest BCUT2D eigenvalue weighted by Crippen LogP contribution is 2.34. The Hall–Kier alpha value is -3.73. The summed E-state index contributed by atoms with van der Waals surface area (Å²) in [4.78, 5) is 33.5. The molecule has 0 unspecified atom stereocenters. The monoisotopic (exact) mass is 427 g/mol. The minimum absolute atomic E-state index is 0.114. The molecule has 3 aromatic rings. The standard InChI is InChI=1S/C27H29N3O2/c1-20(2)23-14-10-13-22(16-17-25(31)29(3)4)26(23)30(19-21-11-6-5-7-12-21)27(32)24-15-8-9-18-28-24/h5-18,20H,19H2,1-4H3/b17-16+. The summed E-state index contributed by atoms with van der Waals surface area (Å²) in [6.07, 6.45) is 4.95. The Bertz CT molecular complexity index is 1090. The molecular formula is C27H29N3O2. The van der Waals surface area contributed by atoms with Crippen LogP contribution in [-0.4, -0.2) is 35.8 Å². The first-order valence-corrected chi connectivity index (χ1v) is 10.7. The summed E-state index contributed by atoms with van der Waals surface area (Å²) in [6, 6.07) is 21.1. The SMILES string of the molecule is CC(C)c1cccc(/C=C/C(=O)N(C)C)c1N(Cc1ccccc1)C(=O)c1ccccn1. The molecule has 2 aromatic carbocycles. The van der Waals surface area contributed by atoms with Crippen molar-refractivity contribution < 1.29 is 9.59 Å². The van der Waals surface area contributed by atoms with Crippen LogP contribution in [0, 0.1) is 0 Å². The molecule has 0 spiro atoms. The summed E-state index contributed by atoms with van der Waals surface area (Å²) >= 11 is 0. The second-order valence-corrected chi connectivity index (χ2v) is 8.10. The Morgan fingerprint density at radius 1 is 0.938 bits per heavy atom. The number of nitrogens with zero attached hydrogens (tertiary/aromatic N) is 3. The molecule has 1 aromatic heterocycles. The summed E-state index contributed by atoms with van der Waals surface area (Å²) in [7, 11) is 3.43. The predicted octanol–water partition coefficient (Wildman–Crippen LogP) is 5.15. The van der Waals surface area contributed by atoms with Gasteiger partial charge in [-0.05, 0) is 40.8 Å². The molecule has 164 valence electrons. The lowest BCUT2D eigenvalue weighted by Gasteiger charge is -2.28. The number of benzene rings is 2. The van der Waals surface area contributed by atoms with Crippen LogP contribution >= 0.6 is 0 Å². The van der Waals surface area contributed by atoms with Gasteiger partial charge in [0.25, 0.3) is 5.91 Å². The van der Waals surface area contributed by atoms with Gasteiger partial charge in [-0.1, -0.05) is 68.4 Å². The van der Waals surface area contributed by atoms with Crippen molar-refractivity contribution in [3.05, 3.63) is 101 Å². The van der Waals surface area contributed by atoms with E-state index in [0.717, 1.165) is 22.4 Å². The van der Waals surface area contributed by atoms with E-state index in [1.807, 2.05) is 54.6 Å². The summed E-state index contributed by atoms with van der Waals surface area (Å²) in [5.74, 6) is -0.120. The maximum Gasteiger partial charge on any atom is 0.277 e. The first-order valence-electron chi connectivity index (χ1n) is 10.7. The number of carbonyl (C=O) groups excluding carboxylic acids is 2. The van der Waals surface area contributed by atoms with E-state index < -0.39 is 0 Å². The zero-order chi connectivity index (χ0) is 23.1. The van der Waals surface area contributed by atoms with Gasteiger partial charge in [-0.15, -0.1) is 0 Å². The third kappa shape index (κ3) is 5.49. The highest BCUT2D eigenvalue weighted by molar-refractivity contribution is 6.06. The van der Waals surface area contributed by atoms with Crippen LogP contribution < -0.4 is 4.90 Å². The second-order valence-electron chi connectivity index (χ2n) is 8.10. The molecule has 0 atom stereocenters. The lowest BCUT2D eigenvalue weighted by Crippen LogP contribution is -2.32. The number of amides is 2. The van der Waals surface area contributed by atoms with Crippen molar-refractivity contribution in [3.63, 3.8) is 0 Å². The Morgan fingerprint density at radius 2 is 1.66 bits per heavy atom. The molecule has 32 heavy (non-hydrogen) atoms. The lowest BCUT2D eigenvalue weighted by molar-refractivity contribution is -0.123. The maximum atomic E-state index is 13.7. The zero-order valence-corrected chi connectivity index (χ0v) is 19.0. The fourth-order valence-corrected chi connectivity index (χ4v) is 3.45. The van der Waals surface area contributed by atoms with Gasteiger partial charge in [0.1, 0.15) is 5.69 Å². The van der Waals surface area contributed by atoms with Crippen LogP contribution in [0.15, 0.2) is 79.0 Å². The van der Waals surface area contributed by atoms with Gasteiger partial charge in [-0.25, -0.2) is 0 Å². The van der Waals surface area contributed by atoms with E-state index in [-0.39, 0.29) is 17.7 Å². The van der Waals surface area contributed by atoms with E-state index in [1.54, 1.807) is 43.4 Å². The fourth-order valence-electron chi connectivity index (χ4n) is 3.45. The van der Waals surface area contributed by atoms with E-state index in [0.29, 0.717) is 12.2 Å². The molecule has 0 N–H and O–H groups in total.